The SMILES string of the molecule is N#CCc1ccc(-c2ccccc2C(F)(F)F)c(Cl)c1. The molecule has 2 aromatic rings. The second-order valence-corrected chi connectivity index (χ2v) is 4.60. The van der Waals surface area contributed by atoms with Crippen LogP contribution >= 0.6 is 11.6 Å². The zero-order valence-corrected chi connectivity index (χ0v) is 11.0. The molecule has 0 aliphatic rings. The molecule has 0 spiro atoms. The van der Waals surface area contributed by atoms with Crippen LogP contribution in [0.4, 0.5) is 13.2 Å². The Bertz CT molecular complexity index is 672. The lowest BCUT2D eigenvalue weighted by Gasteiger charge is -2.14. The van der Waals surface area contributed by atoms with E-state index in [9.17, 15) is 13.2 Å². The van der Waals surface area contributed by atoms with Crippen LogP contribution in [-0.2, 0) is 12.6 Å². The van der Waals surface area contributed by atoms with Gasteiger partial charge in [-0.3, -0.25) is 0 Å². The minimum absolute atomic E-state index is 0.0357. The molecule has 0 heterocycles. The van der Waals surface area contributed by atoms with Crippen molar-refractivity contribution in [1.29, 1.82) is 5.26 Å². The van der Waals surface area contributed by atoms with Crippen molar-refractivity contribution in [3.8, 4) is 17.2 Å². The van der Waals surface area contributed by atoms with Crippen molar-refractivity contribution in [1.82, 2.24) is 0 Å². The molecule has 0 radical (unpaired) electrons. The molecule has 0 aromatic heterocycles. The molecule has 0 atom stereocenters. The fourth-order valence-corrected chi connectivity index (χ4v) is 2.25. The largest absolute Gasteiger partial charge is 0.417 e. The van der Waals surface area contributed by atoms with Crippen LogP contribution < -0.4 is 0 Å². The van der Waals surface area contributed by atoms with Gasteiger partial charge >= 0.3 is 6.18 Å². The van der Waals surface area contributed by atoms with Crippen LogP contribution in [0, 0.1) is 11.3 Å². The van der Waals surface area contributed by atoms with Gasteiger partial charge in [-0.05, 0) is 23.3 Å². The topological polar surface area (TPSA) is 23.8 Å². The normalized spacial score (nSPS) is 11.2. The first-order valence-electron chi connectivity index (χ1n) is 5.75. The fraction of sp³-hybridized carbons (Fsp3) is 0.133. The highest BCUT2D eigenvalue weighted by Crippen LogP contribution is 2.39. The summed E-state index contributed by atoms with van der Waals surface area (Å²) >= 11 is 6.04. The summed E-state index contributed by atoms with van der Waals surface area (Å²) in [4.78, 5) is 0. The maximum atomic E-state index is 13.0. The predicted octanol–water partition coefficient (Wildman–Crippen LogP) is 5.09. The summed E-state index contributed by atoms with van der Waals surface area (Å²) in [6, 6.07) is 11.9. The van der Waals surface area contributed by atoms with E-state index in [2.05, 4.69) is 0 Å². The monoisotopic (exact) mass is 295 g/mol. The van der Waals surface area contributed by atoms with Gasteiger partial charge in [-0.15, -0.1) is 0 Å². The zero-order valence-electron chi connectivity index (χ0n) is 10.2. The van der Waals surface area contributed by atoms with Gasteiger partial charge in [0, 0.05) is 10.6 Å². The van der Waals surface area contributed by atoms with Crippen molar-refractivity contribution < 1.29 is 13.2 Å². The molecular weight excluding hydrogens is 287 g/mol. The molecule has 5 heteroatoms. The molecular formula is C15H9ClF3N. The maximum Gasteiger partial charge on any atom is 0.417 e. The second-order valence-electron chi connectivity index (χ2n) is 4.19. The number of benzene rings is 2. The van der Waals surface area contributed by atoms with E-state index in [1.54, 1.807) is 6.07 Å². The molecule has 0 saturated carbocycles. The van der Waals surface area contributed by atoms with Crippen LogP contribution in [0.5, 0.6) is 0 Å². The molecule has 0 unspecified atom stereocenters. The number of hydrogen-bond acceptors (Lipinski definition) is 1. The van der Waals surface area contributed by atoms with Gasteiger partial charge in [0.15, 0.2) is 0 Å². The standard InChI is InChI=1S/C15H9ClF3N/c16-14-9-10(7-8-20)5-6-12(14)11-3-1-2-4-13(11)15(17,18)19/h1-6,9H,7H2. The quantitative estimate of drug-likeness (QED) is 0.757. The van der Waals surface area contributed by atoms with Crippen LogP contribution in [0.3, 0.4) is 0 Å². The molecule has 0 aliphatic heterocycles. The van der Waals surface area contributed by atoms with E-state index in [0.717, 1.165) is 6.07 Å². The number of nitrogens with zero attached hydrogens (tertiary/aromatic N) is 1. The molecule has 2 aromatic carbocycles. The Balaban J connectivity index is 2.56. The van der Waals surface area contributed by atoms with E-state index in [4.69, 9.17) is 16.9 Å². The summed E-state index contributed by atoms with van der Waals surface area (Å²) < 4.78 is 38.9. The molecule has 0 N–H and O–H groups in total. The molecule has 2 rings (SSSR count). The lowest BCUT2D eigenvalue weighted by atomic mass is 9.98. The summed E-state index contributed by atoms with van der Waals surface area (Å²) in [6.45, 7) is 0. The second kappa shape index (κ2) is 5.56. The molecule has 0 saturated heterocycles. The maximum absolute atomic E-state index is 13.0. The Morgan fingerprint density at radius 2 is 1.75 bits per heavy atom. The van der Waals surface area contributed by atoms with Gasteiger partial charge in [0.2, 0.25) is 0 Å². The molecule has 0 amide bonds. The summed E-state index contributed by atoms with van der Waals surface area (Å²) in [5.74, 6) is 0. The Morgan fingerprint density at radius 3 is 2.35 bits per heavy atom. The van der Waals surface area contributed by atoms with Crippen molar-refractivity contribution in [2.24, 2.45) is 0 Å². The first-order chi connectivity index (χ1) is 9.43. The average molecular weight is 296 g/mol. The summed E-state index contributed by atoms with van der Waals surface area (Å²) in [7, 11) is 0. The minimum atomic E-state index is -4.44. The van der Waals surface area contributed by atoms with Gasteiger partial charge in [0.05, 0.1) is 18.1 Å². The van der Waals surface area contributed by atoms with Crippen LogP contribution in [0.2, 0.25) is 5.02 Å². The molecule has 102 valence electrons. The minimum Gasteiger partial charge on any atom is -0.198 e. The highest BCUT2D eigenvalue weighted by Gasteiger charge is 2.33. The van der Waals surface area contributed by atoms with Crippen LogP contribution in [0.1, 0.15) is 11.1 Å². The number of rotatable bonds is 2. The van der Waals surface area contributed by atoms with Crippen LogP contribution in [0.25, 0.3) is 11.1 Å². The molecule has 0 bridgehead atoms. The fourth-order valence-electron chi connectivity index (χ4n) is 1.94. The van der Waals surface area contributed by atoms with E-state index < -0.39 is 11.7 Å². The van der Waals surface area contributed by atoms with Gasteiger partial charge < -0.3 is 0 Å². The predicted molar refractivity (Wildman–Crippen MR) is 71.2 cm³/mol. The highest BCUT2D eigenvalue weighted by molar-refractivity contribution is 6.33. The third-order valence-electron chi connectivity index (χ3n) is 2.84. The zero-order chi connectivity index (χ0) is 14.8. The third kappa shape index (κ3) is 2.94. The van der Waals surface area contributed by atoms with E-state index in [1.165, 1.54) is 30.3 Å². The smallest absolute Gasteiger partial charge is 0.198 e. The lowest BCUT2D eigenvalue weighted by molar-refractivity contribution is -0.137. The van der Waals surface area contributed by atoms with Gasteiger partial charge in [-0.25, -0.2) is 0 Å². The Hall–Kier alpha value is -1.99. The first-order valence-corrected chi connectivity index (χ1v) is 6.13. The molecule has 1 nitrogen and oxygen atoms in total. The number of halogens is 4. The van der Waals surface area contributed by atoms with Crippen molar-refractivity contribution in [3.63, 3.8) is 0 Å². The number of alkyl halides is 3. The van der Waals surface area contributed by atoms with Crippen LogP contribution in [-0.4, -0.2) is 0 Å². The van der Waals surface area contributed by atoms with Crippen molar-refractivity contribution in [2.45, 2.75) is 12.6 Å². The van der Waals surface area contributed by atoms with E-state index >= 15 is 0 Å². The van der Waals surface area contributed by atoms with Crippen molar-refractivity contribution in [3.05, 3.63) is 58.6 Å². The number of hydrogen-bond donors (Lipinski definition) is 0. The average Bonchev–Trinajstić information content (AvgIpc) is 2.38. The molecule has 0 fully saturated rings. The van der Waals surface area contributed by atoms with Crippen LogP contribution in [0.15, 0.2) is 42.5 Å². The van der Waals surface area contributed by atoms with Gasteiger partial charge in [-0.1, -0.05) is 41.9 Å². The summed E-state index contributed by atoms with van der Waals surface area (Å²) in [5.41, 5.74) is 0.287. The molecule has 0 aliphatic carbocycles. The van der Waals surface area contributed by atoms with E-state index in [1.807, 2.05) is 6.07 Å². The Morgan fingerprint density at radius 1 is 1.05 bits per heavy atom. The summed E-state index contributed by atoms with van der Waals surface area (Å²) in [5, 5.41) is 8.81. The third-order valence-corrected chi connectivity index (χ3v) is 3.15. The highest BCUT2D eigenvalue weighted by atomic mass is 35.5. The van der Waals surface area contributed by atoms with E-state index in [-0.39, 0.29) is 17.0 Å². The van der Waals surface area contributed by atoms with Gasteiger partial charge in [-0.2, -0.15) is 18.4 Å². The van der Waals surface area contributed by atoms with Crippen molar-refractivity contribution in [2.75, 3.05) is 0 Å². The van der Waals surface area contributed by atoms with Gasteiger partial charge in [0.25, 0.3) is 0 Å². The lowest BCUT2D eigenvalue weighted by Crippen LogP contribution is -2.07. The van der Waals surface area contributed by atoms with Gasteiger partial charge in [0.1, 0.15) is 0 Å². The Labute approximate surface area is 119 Å². The van der Waals surface area contributed by atoms with E-state index in [0.29, 0.717) is 11.1 Å². The number of nitriles is 1. The van der Waals surface area contributed by atoms with Crippen molar-refractivity contribution >= 4 is 11.6 Å². The molecule has 20 heavy (non-hydrogen) atoms. The first kappa shape index (κ1) is 14.4. The summed E-state index contributed by atoms with van der Waals surface area (Å²) in [6.07, 6.45) is -4.27. The Kier molecular flexibility index (Phi) is 4.01.